The number of hydrogen-bond donors (Lipinski definition) is 0. The van der Waals surface area contributed by atoms with Gasteiger partial charge in [-0.15, -0.1) is 21.5 Å². The minimum Gasteiger partial charge on any atom is -0.300 e. The van der Waals surface area contributed by atoms with Gasteiger partial charge in [0.25, 0.3) is 0 Å². The van der Waals surface area contributed by atoms with E-state index in [1.165, 1.54) is 40.8 Å². The number of nitrogens with zero attached hydrogens (tertiary/aromatic N) is 6. The highest BCUT2D eigenvalue weighted by molar-refractivity contribution is 7.99. The van der Waals surface area contributed by atoms with Gasteiger partial charge in [0, 0.05) is 16.0 Å². The van der Waals surface area contributed by atoms with Crippen LogP contribution in [0.25, 0.3) is 15.9 Å². The maximum atomic E-state index is 13.6. The van der Waals surface area contributed by atoms with Crippen molar-refractivity contribution in [2.45, 2.75) is 49.3 Å². The SMILES string of the molecule is Cc1nc(Sc2nnc([C@@H](C)N(C)C)n2-c2ccc(F)cc2)c2c3c(sc2n1)CCC3. The smallest absolute Gasteiger partial charge is 0.202 e. The molecule has 4 aromatic rings. The molecule has 0 fully saturated rings. The molecule has 0 spiro atoms. The van der Waals surface area contributed by atoms with E-state index >= 15 is 0 Å². The van der Waals surface area contributed by atoms with E-state index in [2.05, 4.69) is 22.0 Å². The average molecular weight is 455 g/mol. The Morgan fingerprint density at radius 2 is 1.90 bits per heavy atom. The first kappa shape index (κ1) is 20.5. The number of aromatic nitrogens is 5. The van der Waals surface area contributed by atoms with Crippen molar-refractivity contribution in [1.29, 1.82) is 0 Å². The maximum absolute atomic E-state index is 13.6. The van der Waals surface area contributed by atoms with Crippen LogP contribution in [0.15, 0.2) is 34.4 Å². The molecule has 31 heavy (non-hydrogen) atoms. The second-order valence-electron chi connectivity index (χ2n) is 8.01. The fraction of sp³-hybridized carbons (Fsp3) is 0.364. The van der Waals surface area contributed by atoms with Crippen LogP contribution >= 0.6 is 23.1 Å². The summed E-state index contributed by atoms with van der Waals surface area (Å²) in [5, 5.41) is 11.8. The number of hydrogen-bond acceptors (Lipinski definition) is 7. The highest BCUT2D eigenvalue weighted by Gasteiger charge is 2.26. The lowest BCUT2D eigenvalue weighted by atomic mass is 10.2. The largest absolute Gasteiger partial charge is 0.300 e. The van der Waals surface area contributed by atoms with Crippen LogP contribution in [0.5, 0.6) is 0 Å². The second kappa shape index (κ2) is 7.96. The summed E-state index contributed by atoms with van der Waals surface area (Å²) >= 11 is 3.30. The lowest BCUT2D eigenvalue weighted by Crippen LogP contribution is -2.20. The molecule has 0 unspecified atom stereocenters. The molecule has 1 atom stereocenters. The van der Waals surface area contributed by atoms with Gasteiger partial charge in [0.15, 0.2) is 5.82 Å². The van der Waals surface area contributed by atoms with Gasteiger partial charge in [0.1, 0.15) is 21.5 Å². The van der Waals surface area contributed by atoms with E-state index in [4.69, 9.17) is 9.97 Å². The summed E-state index contributed by atoms with van der Waals surface area (Å²) in [5.41, 5.74) is 2.22. The molecule has 9 heteroatoms. The number of benzene rings is 1. The first-order valence-corrected chi connectivity index (χ1v) is 11.9. The van der Waals surface area contributed by atoms with Crippen LogP contribution in [0.3, 0.4) is 0 Å². The predicted octanol–water partition coefficient (Wildman–Crippen LogP) is 4.98. The van der Waals surface area contributed by atoms with Crippen LogP contribution in [0.2, 0.25) is 0 Å². The van der Waals surface area contributed by atoms with E-state index in [0.29, 0.717) is 5.16 Å². The first-order valence-electron chi connectivity index (χ1n) is 10.3. The summed E-state index contributed by atoms with van der Waals surface area (Å²) in [6, 6.07) is 6.49. The topological polar surface area (TPSA) is 59.7 Å². The normalized spacial score (nSPS) is 14.5. The third-order valence-corrected chi connectivity index (χ3v) is 7.84. The number of aryl methyl sites for hydroxylation is 3. The summed E-state index contributed by atoms with van der Waals surface area (Å²) in [4.78, 5) is 14.0. The highest BCUT2D eigenvalue weighted by atomic mass is 32.2. The molecule has 0 saturated heterocycles. The predicted molar refractivity (Wildman–Crippen MR) is 122 cm³/mol. The number of halogens is 1. The number of fused-ring (bicyclic) bond motifs is 3. The molecule has 0 N–H and O–H groups in total. The van der Waals surface area contributed by atoms with Crippen molar-refractivity contribution in [2.75, 3.05) is 14.1 Å². The second-order valence-corrected chi connectivity index (χ2v) is 10.0. The number of thiophene rings is 1. The van der Waals surface area contributed by atoms with Crippen LogP contribution in [-0.4, -0.2) is 43.7 Å². The van der Waals surface area contributed by atoms with Crippen molar-refractivity contribution < 1.29 is 4.39 Å². The van der Waals surface area contributed by atoms with E-state index in [9.17, 15) is 4.39 Å². The Morgan fingerprint density at radius 3 is 2.65 bits per heavy atom. The van der Waals surface area contributed by atoms with Crippen molar-refractivity contribution in [3.8, 4) is 5.69 Å². The lowest BCUT2D eigenvalue weighted by molar-refractivity contribution is 0.305. The van der Waals surface area contributed by atoms with Gasteiger partial charge in [-0.2, -0.15) is 0 Å². The van der Waals surface area contributed by atoms with Gasteiger partial charge in [-0.05, 0) is 88.8 Å². The standard InChI is InChI=1S/C22H23FN6S2/c1-12(28(3)4)19-26-27-22(29(19)15-10-8-14(23)9-11-15)31-21-18-16-6-5-7-17(16)30-20(18)24-13(2)25-21/h8-12H,5-7H2,1-4H3/t12-/m1/s1. The van der Waals surface area contributed by atoms with Gasteiger partial charge in [-0.25, -0.2) is 14.4 Å². The highest BCUT2D eigenvalue weighted by Crippen LogP contribution is 2.42. The van der Waals surface area contributed by atoms with Gasteiger partial charge >= 0.3 is 0 Å². The minimum absolute atomic E-state index is 0.0319. The molecule has 160 valence electrons. The van der Waals surface area contributed by atoms with Crippen LogP contribution in [-0.2, 0) is 12.8 Å². The Bertz CT molecular complexity index is 1260. The quantitative estimate of drug-likeness (QED) is 0.396. The van der Waals surface area contributed by atoms with Crippen LogP contribution in [0.1, 0.15) is 41.5 Å². The van der Waals surface area contributed by atoms with Crippen LogP contribution in [0.4, 0.5) is 4.39 Å². The third kappa shape index (κ3) is 3.64. The molecule has 0 bridgehead atoms. The Balaban J connectivity index is 1.66. The molecule has 6 nitrogen and oxygen atoms in total. The molecule has 0 amide bonds. The molecule has 1 aromatic carbocycles. The molecule has 5 rings (SSSR count). The van der Waals surface area contributed by atoms with Crippen LogP contribution < -0.4 is 0 Å². The average Bonchev–Trinajstić information content (AvgIpc) is 3.42. The van der Waals surface area contributed by atoms with E-state index in [-0.39, 0.29) is 11.9 Å². The van der Waals surface area contributed by atoms with Crippen molar-refractivity contribution in [3.63, 3.8) is 0 Å². The van der Waals surface area contributed by atoms with Crippen LogP contribution in [0, 0.1) is 12.7 Å². The third-order valence-electron chi connectivity index (χ3n) is 5.72. The van der Waals surface area contributed by atoms with Gasteiger partial charge in [-0.3, -0.25) is 9.47 Å². The first-order chi connectivity index (χ1) is 14.9. The van der Waals surface area contributed by atoms with Crippen molar-refractivity contribution >= 4 is 33.3 Å². The van der Waals surface area contributed by atoms with Crippen molar-refractivity contribution in [1.82, 2.24) is 29.6 Å². The van der Waals surface area contributed by atoms with Gasteiger partial charge in [0.05, 0.1) is 6.04 Å². The fourth-order valence-electron chi connectivity index (χ4n) is 3.91. The van der Waals surface area contributed by atoms with Crippen molar-refractivity contribution in [3.05, 3.63) is 52.2 Å². The van der Waals surface area contributed by atoms with E-state index in [1.807, 2.05) is 25.6 Å². The molecule has 3 aromatic heterocycles. The molecule has 0 saturated carbocycles. The molecular weight excluding hydrogens is 431 g/mol. The van der Waals surface area contributed by atoms with E-state index in [0.717, 1.165) is 45.4 Å². The zero-order valence-electron chi connectivity index (χ0n) is 17.9. The van der Waals surface area contributed by atoms with Gasteiger partial charge < -0.3 is 0 Å². The Labute approximate surface area is 188 Å². The summed E-state index contributed by atoms with van der Waals surface area (Å²) in [6.07, 6.45) is 3.38. The molecule has 3 heterocycles. The Morgan fingerprint density at radius 1 is 1.13 bits per heavy atom. The lowest BCUT2D eigenvalue weighted by Gasteiger charge is -2.20. The summed E-state index contributed by atoms with van der Waals surface area (Å²) in [5.74, 6) is 1.29. The zero-order valence-corrected chi connectivity index (χ0v) is 19.5. The Hall–Kier alpha value is -2.36. The maximum Gasteiger partial charge on any atom is 0.202 e. The summed E-state index contributed by atoms with van der Waals surface area (Å²) < 4.78 is 15.6. The molecule has 0 radical (unpaired) electrons. The molecular formula is C22H23FN6S2. The van der Waals surface area contributed by atoms with E-state index in [1.54, 1.807) is 23.5 Å². The molecule has 0 aliphatic heterocycles. The van der Waals surface area contributed by atoms with Crippen molar-refractivity contribution in [2.24, 2.45) is 0 Å². The zero-order chi connectivity index (χ0) is 21.7. The van der Waals surface area contributed by atoms with Gasteiger partial charge in [-0.1, -0.05) is 0 Å². The Kier molecular flexibility index (Phi) is 5.27. The van der Waals surface area contributed by atoms with Gasteiger partial charge in [0.2, 0.25) is 5.16 Å². The minimum atomic E-state index is -0.268. The molecule has 1 aliphatic rings. The monoisotopic (exact) mass is 454 g/mol. The number of rotatable bonds is 5. The fourth-order valence-corrected chi connectivity index (χ4v) is 6.32. The summed E-state index contributed by atoms with van der Waals surface area (Å²) in [6.45, 7) is 4.01. The summed E-state index contributed by atoms with van der Waals surface area (Å²) in [7, 11) is 4.01. The van der Waals surface area contributed by atoms with E-state index < -0.39 is 0 Å². The molecule has 1 aliphatic carbocycles.